The molecule has 3 aromatic rings. The van der Waals surface area contributed by atoms with Crippen molar-refractivity contribution in [3.63, 3.8) is 0 Å². The smallest absolute Gasteiger partial charge is 0.337 e. The van der Waals surface area contributed by atoms with Crippen molar-refractivity contribution in [3.8, 4) is 11.5 Å². The van der Waals surface area contributed by atoms with Crippen LogP contribution in [0.1, 0.15) is 48.9 Å². The van der Waals surface area contributed by atoms with Crippen LogP contribution in [0.5, 0.6) is 11.5 Å². The van der Waals surface area contributed by atoms with Crippen molar-refractivity contribution in [1.82, 2.24) is 14.9 Å². The Balaban J connectivity index is 1.73. The van der Waals surface area contributed by atoms with Gasteiger partial charge in [0.15, 0.2) is 11.5 Å². The summed E-state index contributed by atoms with van der Waals surface area (Å²) < 4.78 is 12.5. The Morgan fingerprint density at radius 2 is 1.85 bits per heavy atom. The van der Waals surface area contributed by atoms with E-state index >= 15 is 0 Å². The predicted octanol–water partition coefficient (Wildman–Crippen LogP) is 3.27. The molecule has 2 N–H and O–H groups in total. The fourth-order valence-corrected chi connectivity index (χ4v) is 4.52. The molecule has 0 radical (unpaired) electrons. The predicted molar refractivity (Wildman–Crippen MR) is 130 cm³/mol. The fraction of sp³-hybridized carbons (Fsp3) is 0.417. The van der Waals surface area contributed by atoms with Crippen molar-refractivity contribution < 1.29 is 24.2 Å². The largest absolute Gasteiger partial charge is 0.490 e. The zero-order valence-corrected chi connectivity index (χ0v) is 20.4. The molecule has 182 valence electrons. The molecule has 0 fully saturated rings. The van der Waals surface area contributed by atoms with Crippen LogP contribution in [0.15, 0.2) is 28.4 Å². The normalized spacial score (nSPS) is 10.9. The minimum Gasteiger partial charge on any atom is -0.490 e. The van der Waals surface area contributed by atoms with Gasteiger partial charge in [0.2, 0.25) is 5.91 Å². The minimum absolute atomic E-state index is 0.0444. The first-order valence-corrected chi connectivity index (χ1v) is 12.2. The second kappa shape index (κ2) is 11.6. The summed E-state index contributed by atoms with van der Waals surface area (Å²) in [7, 11) is 0. The van der Waals surface area contributed by atoms with E-state index in [1.54, 1.807) is 0 Å². The van der Waals surface area contributed by atoms with Crippen LogP contribution >= 0.6 is 11.3 Å². The summed E-state index contributed by atoms with van der Waals surface area (Å²) in [5.74, 6) is 0.280. The van der Waals surface area contributed by atoms with Gasteiger partial charge < -0.3 is 19.9 Å². The van der Waals surface area contributed by atoms with Crippen molar-refractivity contribution >= 4 is 33.4 Å². The van der Waals surface area contributed by atoms with Crippen LogP contribution in [0.4, 0.5) is 0 Å². The van der Waals surface area contributed by atoms with Crippen LogP contribution < -0.4 is 20.3 Å². The summed E-state index contributed by atoms with van der Waals surface area (Å²) >= 11 is 1.12. The molecular formula is C24H29N3O6S. The Morgan fingerprint density at radius 3 is 2.53 bits per heavy atom. The second-order valence-corrected chi connectivity index (χ2v) is 8.41. The number of amides is 1. The average molecular weight is 488 g/mol. The SMILES string of the molecule is CCCc1nc2scc(C(=O)O)c2c(=O)n1CC(=O)NCCc1ccc(OCC)c(OCC)c1. The van der Waals surface area contributed by atoms with Gasteiger partial charge in [0, 0.05) is 18.3 Å². The maximum absolute atomic E-state index is 13.1. The minimum atomic E-state index is -1.19. The van der Waals surface area contributed by atoms with E-state index in [-0.39, 0.29) is 23.4 Å². The molecule has 10 heteroatoms. The molecule has 34 heavy (non-hydrogen) atoms. The number of benzene rings is 1. The van der Waals surface area contributed by atoms with Crippen LogP contribution in [0.2, 0.25) is 0 Å². The lowest BCUT2D eigenvalue weighted by molar-refractivity contribution is -0.121. The standard InChI is InChI=1S/C24H29N3O6S/c1-4-7-19-26-22-21(16(14-34-22)24(30)31)23(29)27(19)13-20(28)25-11-10-15-8-9-17(32-5-2)18(12-15)33-6-3/h8-9,12,14H,4-7,10-11,13H2,1-3H3,(H,25,28)(H,30,31). The summed E-state index contributed by atoms with van der Waals surface area (Å²) in [6.07, 6.45) is 1.81. The molecule has 0 aliphatic heterocycles. The van der Waals surface area contributed by atoms with E-state index in [1.165, 1.54) is 9.95 Å². The van der Waals surface area contributed by atoms with E-state index in [4.69, 9.17) is 9.47 Å². The van der Waals surface area contributed by atoms with Crippen molar-refractivity contribution in [1.29, 1.82) is 0 Å². The molecule has 0 saturated carbocycles. The number of nitrogens with zero attached hydrogens (tertiary/aromatic N) is 2. The summed E-state index contributed by atoms with van der Waals surface area (Å²) in [5.41, 5.74) is 0.383. The number of carbonyl (C=O) groups excluding carboxylic acids is 1. The molecule has 0 atom stereocenters. The van der Waals surface area contributed by atoms with Crippen molar-refractivity contribution in [2.45, 2.75) is 46.6 Å². The quantitative estimate of drug-likeness (QED) is 0.402. The monoisotopic (exact) mass is 487 g/mol. The summed E-state index contributed by atoms with van der Waals surface area (Å²) in [6.45, 7) is 6.95. The number of hydrogen-bond acceptors (Lipinski definition) is 7. The highest BCUT2D eigenvalue weighted by Crippen LogP contribution is 2.28. The number of thiophene rings is 1. The highest BCUT2D eigenvalue weighted by atomic mass is 32.1. The number of carbonyl (C=O) groups is 2. The van der Waals surface area contributed by atoms with Crippen molar-refractivity contribution in [2.75, 3.05) is 19.8 Å². The molecule has 0 spiro atoms. The molecule has 0 unspecified atom stereocenters. The Labute approximate surface area is 201 Å². The number of nitrogens with one attached hydrogen (secondary N) is 1. The van der Waals surface area contributed by atoms with Crippen LogP contribution in [-0.4, -0.2) is 46.3 Å². The lowest BCUT2D eigenvalue weighted by atomic mass is 10.1. The molecule has 1 amide bonds. The van der Waals surface area contributed by atoms with E-state index in [1.807, 2.05) is 39.0 Å². The highest BCUT2D eigenvalue weighted by Gasteiger charge is 2.20. The van der Waals surface area contributed by atoms with Gasteiger partial charge in [-0.2, -0.15) is 0 Å². The highest BCUT2D eigenvalue weighted by molar-refractivity contribution is 7.17. The van der Waals surface area contributed by atoms with E-state index in [9.17, 15) is 19.5 Å². The first kappa shape index (κ1) is 25.2. The van der Waals surface area contributed by atoms with Gasteiger partial charge in [0.25, 0.3) is 5.56 Å². The third-order valence-corrected chi connectivity index (χ3v) is 5.99. The Hall–Kier alpha value is -3.40. The molecule has 0 aliphatic carbocycles. The average Bonchev–Trinajstić information content (AvgIpc) is 3.23. The van der Waals surface area contributed by atoms with E-state index in [0.717, 1.165) is 23.3 Å². The molecular weight excluding hydrogens is 458 g/mol. The van der Waals surface area contributed by atoms with Gasteiger partial charge in [-0.05, 0) is 44.4 Å². The first-order chi connectivity index (χ1) is 16.4. The van der Waals surface area contributed by atoms with E-state index < -0.39 is 11.5 Å². The third-order valence-electron chi connectivity index (χ3n) is 5.12. The molecule has 0 aliphatic rings. The first-order valence-electron chi connectivity index (χ1n) is 11.3. The number of rotatable bonds is 12. The zero-order valence-electron chi connectivity index (χ0n) is 19.6. The molecule has 0 bridgehead atoms. The summed E-state index contributed by atoms with van der Waals surface area (Å²) in [4.78, 5) is 42.1. The molecule has 3 rings (SSSR count). The van der Waals surface area contributed by atoms with Gasteiger partial charge in [0.05, 0.1) is 24.2 Å². The van der Waals surface area contributed by atoms with E-state index in [0.29, 0.717) is 54.8 Å². The van der Waals surface area contributed by atoms with Crippen LogP contribution in [-0.2, 0) is 24.2 Å². The fourth-order valence-electron chi connectivity index (χ4n) is 3.60. The van der Waals surface area contributed by atoms with Gasteiger partial charge in [-0.25, -0.2) is 9.78 Å². The van der Waals surface area contributed by atoms with Gasteiger partial charge in [-0.3, -0.25) is 14.2 Å². The number of hydrogen-bond donors (Lipinski definition) is 2. The van der Waals surface area contributed by atoms with Gasteiger partial charge >= 0.3 is 5.97 Å². The zero-order chi connectivity index (χ0) is 24.7. The Kier molecular flexibility index (Phi) is 8.64. The number of fused-ring (bicyclic) bond motifs is 1. The molecule has 0 saturated heterocycles. The Morgan fingerprint density at radius 1 is 1.12 bits per heavy atom. The Bertz CT molecular complexity index is 1230. The van der Waals surface area contributed by atoms with Crippen LogP contribution in [0.3, 0.4) is 0 Å². The number of aryl methyl sites for hydroxylation is 1. The lowest BCUT2D eigenvalue weighted by Gasteiger charge is -2.14. The van der Waals surface area contributed by atoms with Crippen molar-refractivity contribution in [3.05, 3.63) is 50.9 Å². The molecule has 9 nitrogen and oxygen atoms in total. The number of aromatic nitrogens is 2. The van der Waals surface area contributed by atoms with Crippen molar-refractivity contribution in [2.24, 2.45) is 0 Å². The number of aromatic carboxylic acids is 1. The summed E-state index contributed by atoms with van der Waals surface area (Å²) in [6, 6.07) is 5.67. The second-order valence-electron chi connectivity index (χ2n) is 7.55. The van der Waals surface area contributed by atoms with Crippen LogP contribution in [0, 0.1) is 0 Å². The van der Waals surface area contributed by atoms with Gasteiger partial charge in [0.1, 0.15) is 17.2 Å². The maximum Gasteiger partial charge on any atom is 0.337 e. The van der Waals surface area contributed by atoms with E-state index in [2.05, 4.69) is 10.3 Å². The number of ether oxygens (including phenoxy) is 2. The molecule has 2 heterocycles. The van der Waals surface area contributed by atoms with Gasteiger partial charge in [-0.1, -0.05) is 13.0 Å². The van der Waals surface area contributed by atoms with Crippen LogP contribution in [0.25, 0.3) is 10.2 Å². The third kappa shape index (κ3) is 5.74. The topological polar surface area (TPSA) is 120 Å². The van der Waals surface area contributed by atoms with Gasteiger partial charge in [-0.15, -0.1) is 11.3 Å². The maximum atomic E-state index is 13.1. The number of carboxylic acid groups (broad SMARTS) is 1. The lowest BCUT2D eigenvalue weighted by Crippen LogP contribution is -2.35. The molecule has 2 aromatic heterocycles. The molecule has 1 aromatic carbocycles. The number of carboxylic acids is 1. The summed E-state index contributed by atoms with van der Waals surface area (Å²) in [5, 5.41) is 13.7.